The van der Waals surface area contributed by atoms with E-state index in [0.29, 0.717) is 6.04 Å². The number of nitrogens with one attached hydrogen (secondary N) is 1. The first-order valence-corrected chi connectivity index (χ1v) is 7.71. The molecule has 4 heteroatoms. The van der Waals surface area contributed by atoms with Gasteiger partial charge in [-0.3, -0.25) is 0 Å². The lowest BCUT2D eigenvalue weighted by Crippen LogP contribution is -2.30. The van der Waals surface area contributed by atoms with Crippen LogP contribution in [-0.4, -0.2) is 27.2 Å². The van der Waals surface area contributed by atoms with Gasteiger partial charge in [-0.05, 0) is 30.5 Å². The van der Waals surface area contributed by atoms with Gasteiger partial charge in [-0.1, -0.05) is 18.2 Å². The van der Waals surface area contributed by atoms with Crippen LogP contribution in [0.5, 0.6) is 5.75 Å². The topological polar surface area (TPSA) is 24.5 Å². The Hall–Kier alpha value is -1.52. The van der Waals surface area contributed by atoms with Gasteiger partial charge in [-0.2, -0.15) is 0 Å². The molecule has 108 valence electrons. The van der Waals surface area contributed by atoms with Gasteiger partial charge in [0, 0.05) is 31.1 Å². The van der Waals surface area contributed by atoms with Crippen molar-refractivity contribution in [3.8, 4) is 5.75 Å². The predicted molar refractivity (Wildman–Crippen MR) is 87.0 cm³/mol. The second-order valence-electron chi connectivity index (χ2n) is 4.78. The van der Waals surface area contributed by atoms with Crippen LogP contribution in [0, 0.1) is 0 Å². The molecule has 0 bridgehead atoms. The summed E-state index contributed by atoms with van der Waals surface area (Å²) in [5.41, 5.74) is 1.13. The maximum absolute atomic E-state index is 5.39. The highest BCUT2D eigenvalue weighted by Gasteiger charge is 2.08. The van der Waals surface area contributed by atoms with E-state index in [0.717, 1.165) is 24.5 Å². The van der Waals surface area contributed by atoms with Crippen molar-refractivity contribution in [2.45, 2.75) is 13.0 Å². The van der Waals surface area contributed by atoms with Crippen molar-refractivity contribution in [2.24, 2.45) is 0 Å². The van der Waals surface area contributed by atoms with Gasteiger partial charge in [-0.15, -0.1) is 11.3 Å². The van der Waals surface area contributed by atoms with Gasteiger partial charge in [0.1, 0.15) is 5.75 Å². The third-order valence-corrected chi connectivity index (χ3v) is 4.42. The summed E-state index contributed by atoms with van der Waals surface area (Å²) in [6.45, 7) is 4.08. The fourth-order valence-electron chi connectivity index (χ4n) is 2.15. The summed E-state index contributed by atoms with van der Waals surface area (Å²) in [6.07, 6.45) is 0. The Morgan fingerprint density at radius 3 is 2.75 bits per heavy atom. The van der Waals surface area contributed by atoms with Crippen LogP contribution in [0.15, 0.2) is 41.8 Å². The number of ether oxygens (including phenoxy) is 1. The molecule has 0 aliphatic heterocycles. The van der Waals surface area contributed by atoms with Gasteiger partial charge in [0.25, 0.3) is 0 Å². The number of rotatable bonds is 7. The van der Waals surface area contributed by atoms with Crippen LogP contribution in [0.25, 0.3) is 0 Å². The minimum absolute atomic E-state index is 0.404. The van der Waals surface area contributed by atoms with Crippen molar-refractivity contribution in [2.75, 3.05) is 32.1 Å². The molecule has 1 atom stereocenters. The van der Waals surface area contributed by atoms with Crippen molar-refractivity contribution in [1.29, 1.82) is 0 Å². The zero-order chi connectivity index (χ0) is 14.4. The summed E-state index contributed by atoms with van der Waals surface area (Å²) >= 11 is 1.80. The zero-order valence-electron chi connectivity index (χ0n) is 12.3. The molecule has 0 saturated carbocycles. The van der Waals surface area contributed by atoms with E-state index in [1.807, 2.05) is 18.2 Å². The summed E-state index contributed by atoms with van der Waals surface area (Å²) in [4.78, 5) is 3.59. The average molecular weight is 290 g/mol. The normalized spacial score (nSPS) is 12.2. The summed E-state index contributed by atoms with van der Waals surface area (Å²) in [6, 6.07) is 12.8. The highest BCUT2D eigenvalue weighted by atomic mass is 32.1. The number of likely N-dealkylation sites (N-methyl/N-ethyl adjacent to an activating group) is 1. The molecular formula is C16H22N2OS. The van der Waals surface area contributed by atoms with Crippen molar-refractivity contribution in [3.05, 3.63) is 46.7 Å². The number of benzene rings is 1. The molecule has 0 radical (unpaired) electrons. The Morgan fingerprint density at radius 2 is 2.05 bits per heavy atom. The van der Waals surface area contributed by atoms with Crippen LogP contribution in [0.1, 0.15) is 17.8 Å². The van der Waals surface area contributed by atoms with E-state index < -0.39 is 0 Å². The molecular weight excluding hydrogens is 268 g/mol. The van der Waals surface area contributed by atoms with E-state index in [2.05, 4.69) is 47.8 Å². The number of thiophene rings is 1. The Balaban J connectivity index is 1.84. The van der Waals surface area contributed by atoms with Gasteiger partial charge in [0.05, 0.1) is 12.8 Å². The van der Waals surface area contributed by atoms with Crippen molar-refractivity contribution in [1.82, 2.24) is 5.32 Å². The Bertz CT molecular complexity index is 513. The van der Waals surface area contributed by atoms with E-state index in [4.69, 9.17) is 4.74 Å². The van der Waals surface area contributed by atoms with Crippen molar-refractivity contribution < 1.29 is 4.74 Å². The second-order valence-corrected chi connectivity index (χ2v) is 5.76. The molecule has 2 rings (SSSR count). The van der Waals surface area contributed by atoms with Gasteiger partial charge in [0.15, 0.2) is 0 Å². The van der Waals surface area contributed by atoms with Crippen molar-refractivity contribution >= 4 is 17.0 Å². The lowest BCUT2D eigenvalue weighted by Gasteiger charge is -2.22. The Kier molecular flexibility index (Phi) is 5.44. The fraction of sp³-hybridized carbons (Fsp3) is 0.375. The Labute approximate surface area is 125 Å². The zero-order valence-corrected chi connectivity index (χ0v) is 13.1. The van der Waals surface area contributed by atoms with Crippen LogP contribution >= 0.6 is 11.3 Å². The molecule has 20 heavy (non-hydrogen) atoms. The molecule has 1 aromatic carbocycles. The lowest BCUT2D eigenvalue weighted by molar-refractivity contribution is 0.414. The predicted octanol–water partition coefficient (Wildman–Crippen LogP) is 3.54. The first-order valence-electron chi connectivity index (χ1n) is 6.83. The first-order chi connectivity index (χ1) is 9.72. The number of para-hydroxylation sites is 2. The van der Waals surface area contributed by atoms with Crippen LogP contribution in [0.2, 0.25) is 0 Å². The van der Waals surface area contributed by atoms with Crippen LogP contribution in [0.4, 0.5) is 5.69 Å². The molecule has 3 nitrogen and oxygen atoms in total. The highest BCUT2D eigenvalue weighted by Crippen LogP contribution is 2.26. The monoisotopic (exact) mass is 290 g/mol. The highest BCUT2D eigenvalue weighted by molar-refractivity contribution is 7.10. The molecule has 0 aliphatic carbocycles. The third kappa shape index (κ3) is 3.74. The van der Waals surface area contributed by atoms with E-state index >= 15 is 0 Å². The molecule has 2 aromatic rings. The SMILES string of the molecule is COc1ccccc1N(C)CCNC(C)c1cccs1. The molecule has 0 spiro atoms. The van der Waals surface area contributed by atoms with E-state index in [9.17, 15) is 0 Å². The average Bonchev–Trinajstić information content (AvgIpc) is 3.01. The minimum Gasteiger partial charge on any atom is -0.495 e. The number of nitrogens with zero attached hydrogens (tertiary/aromatic N) is 1. The largest absolute Gasteiger partial charge is 0.495 e. The summed E-state index contributed by atoms with van der Waals surface area (Å²) in [5, 5.41) is 5.67. The van der Waals surface area contributed by atoms with Crippen molar-refractivity contribution in [3.63, 3.8) is 0 Å². The summed E-state index contributed by atoms with van der Waals surface area (Å²) < 4.78 is 5.39. The summed E-state index contributed by atoms with van der Waals surface area (Å²) in [7, 11) is 3.80. The van der Waals surface area contributed by atoms with Crippen LogP contribution in [-0.2, 0) is 0 Å². The van der Waals surface area contributed by atoms with Gasteiger partial charge < -0.3 is 15.0 Å². The first kappa shape index (κ1) is 14.9. The number of anilines is 1. The molecule has 0 saturated heterocycles. The number of hydrogen-bond acceptors (Lipinski definition) is 4. The quantitative estimate of drug-likeness (QED) is 0.844. The van der Waals surface area contributed by atoms with E-state index in [-0.39, 0.29) is 0 Å². The maximum Gasteiger partial charge on any atom is 0.142 e. The molecule has 0 amide bonds. The second kappa shape index (κ2) is 7.31. The van der Waals surface area contributed by atoms with Crippen LogP contribution in [0.3, 0.4) is 0 Å². The molecule has 1 unspecified atom stereocenters. The summed E-state index contributed by atoms with van der Waals surface area (Å²) in [5.74, 6) is 0.918. The molecule has 0 fully saturated rings. The third-order valence-electron chi connectivity index (χ3n) is 3.36. The lowest BCUT2D eigenvalue weighted by atomic mass is 10.2. The standard InChI is InChI=1S/C16H22N2OS/c1-13(16-9-6-12-20-16)17-10-11-18(2)14-7-4-5-8-15(14)19-3/h4-9,12-13,17H,10-11H2,1-3H3. The van der Waals surface area contributed by atoms with E-state index in [1.165, 1.54) is 4.88 Å². The Morgan fingerprint density at radius 1 is 1.25 bits per heavy atom. The van der Waals surface area contributed by atoms with Gasteiger partial charge >= 0.3 is 0 Å². The van der Waals surface area contributed by atoms with Gasteiger partial charge in [-0.25, -0.2) is 0 Å². The molecule has 1 N–H and O–H groups in total. The minimum atomic E-state index is 0.404. The number of hydrogen-bond donors (Lipinski definition) is 1. The number of methoxy groups -OCH3 is 1. The molecule has 1 heterocycles. The fourth-order valence-corrected chi connectivity index (χ4v) is 2.91. The smallest absolute Gasteiger partial charge is 0.142 e. The van der Waals surface area contributed by atoms with Gasteiger partial charge in [0.2, 0.25) is 0 Å². The van der Waals surface area contributed by atoms with E-state index in [1.54, 1.807) is 18.4 Å². The molecule has 1 aromatic heterocycles. The maximum atomic E-state index is 5.39. The van der Waals surface area contributed by atoms with Crippen LogP contribution < -0.4 is 15.0 Å². The molecule has 0 aliphatic rings.